The Kier molecular flexibility index (Phi) is 5.43. The third-order valence-corrected chi connectivity index (χ3v) is 1.21. The van der Waals surface area contributed by atoms with E-state index in [1.165, 1.54) is 12.2 Å². The molecule has 0 atom stereocenters. The molecule has 0 aromatic heterocycles. The molecule has 4 heteroatoms. The maximum Gasteiger partial charge on any atom is 0.273 e. The van der Waals surface area contributed by atoms with E-state index in [9.17, 15) is 8.78 Å². The van der Waals surface area contributed by atoms with Crippen LogP contribution in [0.15, 0.2) is 41.2 Å². The van der Waals surface area contributed by atoms with Crippen LogP contribution in [0, 0.1) is 0 Å². The van der Waals surface area contributed by atoms with Gasteiger partial charge < -0.3 is 5.73 Å². The van der Waals surface area contributed by atoms with Gasteiger partial charge in [-0.15, -0.1) is 0 Å². The highest BCUT2D eigenvalue weighted by atomic mass is 19.3. The highest BCUT2D eigenvalue weighted by Crippen LogP contribution is 2.05. The summed E-state index contributed by atoms with van der Waals surface area (Å²) in [6.45, 7) is 5.12. The number of aliphatic imine (C=N–C) groups is 1. The fraction of sp³-hybridized carbons (Fsp3) is 0.222. The van der Waals surface area contributed by atoms with E-state index in [4.69, 9.17) is 5.73 Å². The summed E-state index contributed by atoms with van der Waals surface area (Å²) < 4.78 is 23.5. The first-order chi connectivity index (χ1) is 6.11. The number of allylic oxidation sites excluding steroid dienone is 3. The number of alkyl halides is 2. The number of nitrogens with zero attached hydrogens (tertiary/aromatic N) is 1. The first-order valence-corrected chi connectivity index (χ1v) is 3.69. The third kappa shape index (κ3) is 4.90. The van der Waals surface area contributed by atoms with Gasteiger partial charge in [-0.05, 0) is 13.0 Å². The van der Waals surface area contributed by atoms with Crippen molar-refractivity contribution in [2.24, 2.45) is 10.7 Å². The van der Waals surface area contributed by atoms with E-state index in [1.807, 2.05) is 0 Å². The normalized spacial score (nSPS) is 14.2. The monoisotopic (exact) mass is 186 g/mol. The molecule has 0 aliphatic heterocycles. The van der Waals surface area contributed by atoms with E-state index < -0.39 is 6.43 Å². The second-order valence-electron chi connectivity index (χ2n) is 2.14. The molecule has 0 aliphatic carbocycles. The summed E-state index contributed by atoms with van der Waals surface area (Å²) in [6.07, 6.45) is 2.45. The first kappa shape index (κ1) is 11.6. The predicted molar refractivity (Wildman–Crippen MR) is 50.7 cm³/mol. The Morgan fingerprint density at radius 1 is 1.54 bits per heavy atom. The van der Waals surface area contributed by atoms with Crippen molar-refractivity contribution in [2.75, 3.05) is 0 Å². The lowest BCUT2D eigenvalue weighted by Crippen LogP contribution is -2.00. The average Bonchev–Trinajstić information content (AvgIpc) is 2.10. The van der Waals surface area contributed by atoms with Crippen molar-refractivity contribution in [1.29, 1.82) is 0 Å². The smallest absolute Gasteiger partial charge is 0.273 e. The zero-order chi connectivity index (χ0) is 10.3. The topological polar surface area (TPSA) is 38.4 Å². The molecule has 0 radical (unpaired) electrons. The minimum absolute atomic E-state index is 0.290. The fourth-order valence-electron chi connectivity index (χ4n) is 0.610. The molecule has 0 aliphatic rings. The Morgan fingerprint density at radius 3 is 2.54 bits per heavy atom. The van der Waals surface area contributed by atoms with Crippen LogP contribution in [-0.4, -0.2) is 12.6 Å². The molecule has 72 valence electrons. The van der Waals surface area contributed by atoms with Gasteiger partial charge in [0.1, 0.15) is 0 Å². The molecule has 0 rings (SSSR count). The van der Waals surface area contributed by atoms with Crippen LogP contribution in [0.1, 0.15) is 6.92 Å². The summed E-state index contributed by atoms with van der Waals surface area (Å²) in [7, 11) is 0. The zero-order valence-corrected chi connectivity index (χ0v) is 7.37. The number of halogens is 2. The molecular weight excluding hydrogens is 174 g/mol. The summed E-state index contributed by atoms with van der Waals surface area (Å²) in [5.74, 6) is 0. The molecule has 0 aromatic carbocycles. The lowest BCUT2D eigenvalue weighted by molar-refractivity contribution is 0.231. The van der Waals surface area contributed by atoms with Gasteiger partial charge in [-0.25, -0.2) is 8.78 Å². The van der Waals surface area contributed by atoms with Crippen molar-refractivity contribution >= 4 is 6.21 Å². The van der Waals surface area contributed by atoms with Gasteiger partial charge in [0, 0.05) is 0 Å². The van der Waals surface area contributed by atoms with Gasteiger partial charge in [0.15, 0.2) is 0 Å². The Bertz CT molecular complexity index is 252. The Hall–Kier alpha value is -1.45. The summed E-state index contributed by atoms with van der Waals surface area (Å²) >= 11 is 0. The van der Waals surface area contributed by atoms with E-state index in [1.54, 1.807) is 13.0 Å². The molecule has 0 fully saturated rings. The first-order valence-electron chi connectivity index (χ1n) is 3.69. The SMILES string of the molecule is C=C/C=C(N=CC(F)F)\C(N)=C/C. The maximum absolute atomic E-state index is 11.7. The van der Waals surface area contributed by atoms with Crippen LogP contribution in [0.2, 0.25) is 0 Å². The molecule has 0 aromatic rings. The van der Waals surface area contributed by atoms with E-state index >= 15 is 0 Å². The number of rotatable bonds is 4. The van der Waals surface area contributed by atoms with Crippen LogP contribution >= 0.6 is 0 Å². The van der Waals surface area contributed by atoms with Crippen LogP contribution in [0.3, 0.4) is 0 Å². The van der Waals surface area contributed by atoms with Gasteiger partial charge in [0.2, 0.25) is 0 Å². The minimum Gasteiger partial charge on any atom is -0.397 e. The highest BCUT2D eigenvalue weighted by Gasteiger charge is 1.98. The van der Waals surface area contributed by atoms with Gasteiger partial charge in [0.05, 0.1) is 17.6 Å². The lowest BCUT2D eigenvalue weighted by atomic mass is 10.3. The third-order valence-electron chi connectivity index (χ3n) is 1.21. The van der Waals surface area contributed by atoms with Gasteiger partial charge in [-0.2, -0.15) is 0 Å². The average molecular weight is 186 g/mol. The van der Waals surface area contributed by atoms with E-state index in [2.05, 4.69) is 11.6 Å². The van der Waals surface area contributed by atoms with Gasteiger partial charge in [-0.3, -0.25) is 4.99 Å². The van der Waals surface area contributed by atoms with Gasteiger partial charge >= 0.3 is 0 Å². The maximum atomic E-state index is 11.7. The molecule has 0 spiro atoms. The molecule has 13 heavy (non-hydrogen) atoms. The second-order valence-corrected chi connectivity index (χ2v) is 2.14. The number of nitrogens with two attached hydrogens (primary N) is 1. The molecule has 2 N–H and O–H groups in total. The lowest BCUT2D eigenvalue weighted by Gasteiger charge is -1.99. The molecule has 0 unspecified atom stereocenters. The number of hydrogen-bond donors (Lipinski definition) is 1. The molecule has 0 heterocycles. The van der Waals surface area contributed by atoms with Crippen molar-refractivity contribution in [3.63, 3.8) is 0 Å². The van der Waals surface area contributed by atoms with Crippen LogP contribution < -0.4 is 5.73 Å². The molecule has 0 saturated heterocycles. The second kappa shape index (κ2) is 6.11. The van der Waals surface area contributed by atoms with Crippen molar-refractivity contribution in [2.45, 2.75) is 13.3 Å². The largest absolute Gasteiger partial charge is 0.397 e. The van der Waals surface area contributed by atoms with E-state index in [0.717, 1.165) is 0 Å². The summed E-state index contributed by atoms with van der Waals surface area (Å²) in [6, 6.07) is 0. The predicted octanol–water partition coefficient (Wildman–Crippen LogP) is 2.25. The zero-order valence-electron chi connectivity index (χ0n) is 7.37. The Balaban J connectivity index is 4.64. The van der Waals surface area contributed by atoms with Crippen LogP contribution in [-0.2, 0) is 0 Å². The fourth-order valence-corrected chi connectivity index (χ4v) is 0.610. The van der Waals surface area contributed by atoms with Crippen molar-refractivity contribution in [1.82, 2.24) is 0 Å². The molecule has 0 saturated carbocycles. The van der Waals surface area contributed by atoms with Crippen molar-refractivity contribution < 1.29 is 8.78 Å². The van der Waals surface area contributed by atoms with Crippen molar-refractivity contribution in [3.05, 3.63) is 36.2 Å². The van der Waals surface area contributed by atoms with Crippen LogP contribution in [0.5, 0.6) is 0 Å². The number of hydrogen-bond acceptors (Lipinski definition) is 2. The van der Waals surface area contributed by atoms with Crippen LogP contribution in [0.25, 0.3) is 0 Å². The summed E-state index contributed by atoms with van der Waals surface area (Å²) in [5.41, 5.74) is 6.11. The highest BCUT2D eigenvalue weighted by molar-refractivity contribution is 5.63. The molecule has 0 amide bonds. The standard InChI is InChI=1S/C9H12F2N2/c1-3-5-8(7(12)4-2)13-6-9(10)11/h3-6,9H,1,12H2,2H3/b7-4+,8-5+,13-6?. The quantitative estimate of drug-likeness (QED) is 0.530. The van der Waals surface area contributed by atoms with E-state index in [-0.39, 0.29) is 5.70 Å². The van der Waals surface area contributed by atoms with Crippen molar-refractivity contribution in [3.8, 4) is 0 Å². The Morgan fingerprint density at radius 2 is 2.15 bits per heavy atom. The molecule has 2 nitrogen and oxygen atoms in total. The van der Waals surface area contributed by atoms with Gasteiger partial charge in [-0.1, -0.05) is 18.7 Å². The Labute approximate surface area is 76.2 Å². The summed E-state index contributed by atoms with van der Waals surface area (Å²) in [4.78, 5) is 3.51. The molecule has 0 bridgehead atoms. The molecular formula is C9H12F2N2. The van der Waals surface area contributed by atoms with Gasteiger partial charge in [0.25, 0.3) is 6.43 Å². The van der Waals surface area contributed by atoms with E-state index in [0.29, 0.717) is 11.9 Å². The minimum atomic E-state index is -2.57. The summed E-state index contributed by atoms with van der Waals surface area (Å²) in [5, 5.41) is 0. The van der Waals surface area contributed by atoms with Crippen LogP contribution in [0.4, 0.5) is 8.78 Å².